The van der Waals surface area contributed by atoms with Crippen LogP contribution in [0.25, 0.3) is 0 Å². The number of aryl methyl sites for hydroxylation is 2. The first-order chi connectivity index (χ1) is 14.1. The summed E-state index contributed by atoms with van der Waals surface area (Å²) >= 11 is 0. The van der Waals surface area contributed by atoms with Crippen molar-refractivity contribution >= 4 is 5.78 Å². The zero-order valence-electron chi connectivity index (χ0n) is 17.7. The minimum atomic E-state index is -0.0367. The molecule has 2 aromatic carbocycles. The highest BCUT2D eigenvalue weighted by Crippen LogP contribution is 2.59. The van der Waals surface area contributed by atoms with Gasteiger partial charge in [0.25, 0.3) is 0 Å². The first-order valence-electron chi connectivity index (χ1n) is 11.5. The van der Waals surface area contributed by atoms with E-state index in [0.717, 1.165) is 37.9 Å². The van der Waals surface area contributed by atoms with Gasteiger partial charge in [-0.05, 0) is 84.6 Å². The van der Waals surface area contributed by atoms with E-state index >= 15 is 0 Å². The van der Waals surface area contributed by atoms with E-state index in [-0.39, 0.29) is 5.41 Å². The Balaban J connectivity index is 1.42. The molecule has 4 atom stereocenters. The zero-order valence-corrected chi connectivity index (χ0v) is 17.7. The average Bonchev–Trinajstić information content (AvgIpc) is 3.06. The summed E-state index contributed by atoms with van der Waals surface area (Å²) in [7, 11) is 0. The summed E-state index contributed by atoms with van der Waals surface area (Å²) < 4.78 is 6.27. The summed E-state index contributed by atoms with van der Waals surface area (Å²) in [6, 6.07) is 15.2. The second-order valence-corrected chi connectivity index (χ2v) is 9.62. The molecule has 2 saturated carbocycles. The van der Waals surface area contributed by atoms with E-state index in [1.54, 1.807) is 5.56 Å². The van der Waals surface area contributed by atoms with Gasteiger partial charge in [-0.2, -0.15) is 0 Å². The first kappa shape index (κ1) is 18.9. The second kappa shape index (κ2) is 7.31. The SMILES string of the molecule is CCc1cc2c(cc1OCc1ccccc1)CCC1C2CC[C@]2(C)C(=O)CCC12. The van der Waals surface area contributed by atoms with Crippen LogP contribution in [0.2, 0.25) is 0 Å². The number of ketones is 1. The molecule has 2 aromatic rings. The van der Waals surface area contributed by atoms with Crippen molar-refractivity contribution in [2.24, 2.45) is 17.3 Å². The molecule has 152 valence electrons. The van der Waals surface area contributed by atoms with Gasteiger partial charge in [-0.3, -0.25) is 4.79 Å². The Hall–Kier alpha value is -2.09. The third-order valence-corrected chi connectivity index (χ3v) is 8.23. The highest BCUT2D eigenvalue weighted by atomic mass is 16.5. The summed E-state index contributed by atoms with van der Waals surface area (Å²) in [5.74, 6) is 3.52. The Morgan fingerprint density at radius 3 is 2.69 bits per heavy atom. The van der Waals surface area contributed by atoms with Gasteiger partial charge < -0.3 is 4.74 Å². The Morgan fingerprint density at radius 1 is 1.07 bits per heavy atom. The minimum Gasteiger partial charge on any atom is -0.489 e. The monoisotopic (exact) mass is 388 g/mol. The van der Waals surface area contributed by atoms with Crippen LogP contribution in [0, 0.1) is 17.3 Å². The highest BCUT2D eigenvalue weighted by Gasteiger charge is 2.54. The van der Waals surface area contributed by atoms with Crippen LogP contribution >= 0.6 is 0 Å². The molecular formula is C27H32O2. The fourth-order valence-electron chi connectivity index (χ4n) is 6.56. The Bertz CT molecular complexity index is 916. The van der Waals surface area contributed by atoms with E-state index in [0.29, 0.717) is 30.1 Å². The number of Topliss-reactive ketones (excluding diaryl/α,β-unsaturated/α-hetero) is 1. The summed E-state index contributed by atoms with van der Waals surface area (Å²) in [6.45, 7) is 5.11. The van der Waals surface area contributed by atoms with Crippen LogP contribution in [0.1, 0.15) is 74.1 Å². The summed E-state index contributed by atoms with van der Waals surface area (Å²) in [6.07, 6.45) is 7.52. The molecule has 2 fully saturated rings. The molecule has 0 heterocycles. The van der Waals surface area contributed by atoms with Crippen LogP contribution in [0.5, 0.6) is 5.75 Å². The number of carbonyl (C=O) groups is 1. The normalized spacial score (nSPS) is 30.4. The van der Waals surface area contributed by atoms with Crippen molar-refractivity contribution in [2.75, 3.05) is 0 Å². The summed E-state index contributed by atoms with van der Waals surface area (Å²) in [5.41, 5.74) is 5.55. The minimum absolute atomic E-state index is 0.0367. The predicted molar refractivity (Wildman–Crippen MR) is 116 cm³/mol. The van der Waals surface area contributed by atoms with Crippen LogP contribution < -0.4 is 4.74 Å². The fourth-order valence-corrected chi connectivity index (χ4v) is 6.56. The molecule has 0 amide bonds. The fraction of sp³-hybridized carbons (Fsp3) is 0.519. The molecule has 0 bridgehead atoms. The number of hydrogen-bond acceptors (Lipinski definition) is 2. The van der Waals surface area contributed by atoms with E-state index in [9.17, 15) is 4.79 Å². The Labute approximate surface area is 174 Å². The smallest absolute Gasteiger partial charge is 0.139 e. The van der Waals surface area contributed by atoms with Gasteiger partial charge in [-0.15, -0.1) is 0 Å². The summed E-state index contributed by atoms with van der Waals surface area (Å²) in [4.78, 5) is 12.6. The van der Waals surface area contributed by atoms with Gasteiger partial charge in [0.15, 0.2) is 0 Å². The van der Waals surface area contributed by atoms with E-state index in [1.807, 2.05) is 6.07 Å². The van der Waals surface area contributed by atoms with E-state index in [2.05, 4.69) is 50.2 Å². The first-order valence-corrected chi connectivity index (χ1v) is 11.5. The van der Waals surface area contributed by atoms with Gasteiger partial charge in [0.05, 0.1) is 0 Å². The lowest BCUT2D eigenvalue weighted by atomic mass is 9.55. The van der Waals surface area contributed by atoms with E-state index < -0.39 is 0 Å². The number of ether oxygens (including phenoxy) is 1. The van der Waals surface area contributed by atoms with Crippen molar-refractivity contribution in [3.63, 3.8) is 0 Å². The van der Waals surface area contributed by atoms with Crippen LogP contribution in [0.15, 0.2) is 42.5 Å². The van der Waals surface area contributed by atoms with Crippen molar-refractivity contribution in [2.45, 2.75) is 71.3 Å². The maximum Gasteiger partial charge on any atom is 0.139 e. The van der Waals surface area contributed by atoms with Crippen molar-refractivity contribution in [3.8, 4) is 5.75 Å². The van der Waals surface area contributed by atoms with Gasteiger partial charge in [0.2, 0.25) is 0 Å². The molecule has 3 aliphatic carbocycles. The van der Waals surface area contributed by atoms with Crippen LogP contribution in [-0.2, 0) is 24.2 Å². The zero-order chi connectivity index (χ0) is 20.0. The van der Waals surface area contributed by atoms with Crippen molar-refractivity contribution in [3.05, 3.63) is 64.7 Å². The maximum absolute atomic E-state index is 12.6. The van der Waals surface area contributed by atoms with Gasteiger partial charge in [-0.25, -0.2) is 0 Å². The maximum atomic E-state index is 12.6. The second-order valence-electron chi connectivity index (χ2n) is 9.62. The van der Waals surface area contributed by atoms with Gasteiger partial charge in [0, 0.05) is 11.8 Å². The molecule has 29 heavy (non-hydrogen) atoms. The molecule has 0 radical (unpaired) electrons. The topological polar surface area (TPSA) is 26.3 Å². The number of rotatable bonds is 4. The van der Waals surface area contributed by atoms with Crippen molar-refractivity contribution < 1.29 is 9.53 Å². The molecule has 5 rings (SSSR count). The molecule has 0 aliphatic heterocycles. The van der Waals surface area contributed by atoms with Gasteiger partial charge in [0.1, 0.15) is 18.1 Å². The molecule has 0 spiro atoms. The number of carbonyl (C=O) groups excluding carboxylic acids is 1. The number of benzene rings is 2. The molecule has 0 saturated heterocycles. The molecular weight excluding hydrogens is 356 g/mol. The van der Waals surface area contributed by atoms with Gasteiger partial charge >= 0.3 is 0 Å². The lowest BCUT2D eigenvalue weighted by Crippen LogP contribution is -2.42. The van der Waals surface area contributed by atoms with Crippen molar-refractivity contribution in [1.82, 2.24) is 0 Å². The van der Waals surface area contributed by atoms with Crippen LogP contribution in [0.4, 0.5) is 0 Å². The van der Waals surface area contributed by atoms with E-state index in [4.69, 9.17) is 4.74 Å². The molecule has 3 unspecified atom stereocenters. The highest BCUT2D eigenvalue weighted by molar-refractivity contribution is 5.87. The van der Waals surface area contributed by atoms with Crippen molar-refractivity contribution in [1.29, 1.82) is 0 Å². The summed E-state index contributed by atoms with van der Waals surface area (Å²) in [5, 5.41) is 0. The third kappa shape index (κ3) is 3.12. The molecule has 0 N–H and O–H groups in total. The number of hydrogen-bond donors (Lipinski definition) is 0. The Morgan fingerprint density at radius 2 is 1.90 bits per heavy atom. The quantitative estimate of drug-likeness (QED) is 0.618. The largest absolute Gasteiger partial charge is 0.489 e. The lowest BCUT2D eigenvalue weighted by Gasteiger charge is -2.48. The Kier molecular flexibility index (Phi) is 4.76. The van der Waals surface area contributed by atoms with Crippen LogP contribution in [-0.4, -0.2) is 5.78 Å². The average molecular weight is 389 g/mol. The third-order valence-electron chi connectivity index (χ3n) is 8.23. The van der Waals surface area contributed by atoms with Gasteiger partial charge in [-0.1, -0.05) is 50.2 Å². The molecule has 0 aromatic heterocycles. The molecule has 2 nitrogen and oxygen atoms in total. The van der Waals surface area contributed by atoms with Crippen LogP contribution in [0.3, 0.4) is 0 Å². The predicted octanol–water partition coefficient (Wildman–Crippen LogP) is 6.25. The standard InChI is InChI=1S/C27H32O2/c1-3-19-15-23-20(16-25(19)29-17-18-7-5-4-6-8-18)9-10-22-21(23)13-14-27(2)24(22)11-12-26(27)28/h4-8,15-16,21-22,24H,3,9-14,17H2,1-2H3/t21?,22?,24?,27-/m0/s1. The number of fused-ring (bicyclic) bond motifs is 5. The lowest BCUT2D eigenvalue weighted by molar-refractivity contribution is -0.129. The molecule has 3 aliphatic rings. The molecule has 2 heteroatoms. The van der Waals surface area contributed by atoms with E-state index in [1.165, 1.54) is 29.5 Å².